The quantitative estimate of drug-likeness (QED) is 0.766. The fraction of sp³-hybridized carbons (Fsp3) is 0.652. The average molecular weight is 400 g/mol. The molecule has 1 aromatic rings. The van der Waals surface area contributed by atoms with E-state index < -0.39 is 0 Å². The second-order valence-corrected chi connectivity index (χ2v) is 8.65. The largest absolute Gasteiger partial charge is 0.497 e. The standard InChI is InChI=1S/C23H33N3O3/c1-29-20-8-6-17(7-9-20)21(25-12-2-3-13-25)16-24-22(27)18-10-14-26(15-11-18)23(28)19-4-5-19/h6-9,18-19,21H,2-5,10-16H2,1H3,(H,24,27). The Balaban J connectivity index is 1.32. The van der Waals surface area contributed by atoms with Crippen molar-refractivity contribution in [3.05, 3.63) is 29.8 Å². The Kier molecular flexibility index (Phi) is 6.38. The van der Waals surface area contributed by atoms with E-state index in [1.807, 2.05) is 17.0 Å². The zero-order valence-electron chi connectivity index (χ0n) is 17.4. The maximum Gasteiger partial charge on any atom is 0.225 e. The maximum atomic E-state index is 12.8. The van der Waals surface area contributed by atoms with Gasteiger partial charge in [-0.1, -0.05) is 12.1 Å². The van der Waals surface area contributed by atoms with Crippen LogP contribution in [0.1, 0.15) is 50.1 Å². The Labute approximate surface area is 173 Å². The van der Waals surface area contributed by atoms with E-state index in [-0.39, 0.29) is 23.8 Å². The summed E-state index contributed by atoms with van der Waals surface area (Å²) in [5.74, 6) is 1.59. The van der Waals surface area contributed by atoms with Gasteiger partial charge in [0.1, 0.15) is 5.75 Å². The van der Waals surface area contributed by atoms with E-state index in [4.69, 9.17) is 4.74 Å². The highest BCUT2D eigenvalue weighted by atomic mass is 16.5. The molecule has 4 rings (SSSR count). The van der Waals surface area contributed by atoms with Gasteiger partial charge in [-0.15, -0.1) is 0 Å². The number of ether oxygens (including phenoxy) is 1. The van der Waals surface area contributed by atoms with Crippen LogP contribution in [0, 0.1) is 11.8 Å². The van der Waals surface area contributed by atoms with Crippen molar-refractivity contribution in [1.29, 1.82) is 0 Å². The molecule has 1 atom stereocenters. The molecule has 1 aliphatic carbocycles. The lowest BCUT2D eigenvalue weighted by Crippen LogP contribution is -2.45. The van der Waals surface area contributed by atoms with Gasteiger partial charge in [-0.3, -0.25) is 14.5 Å². The van der Waals surface area contributed by atoms with Gasteiger partial charge in [0, 0.05) is 31.5 Å². The molecule has 29 heavy (non-hydrogen) atoms. The first kappa shape index (κ1) is 20.2. The molecule has 6 nitrogen and oxygen atoms in total. The molecule has 1 N–H and O–H groups in total. The van der Waals surface area contributed by atoms with Gasteiger partial charge in [-0.05, 0) is 69.3 Å². The molecule has 2 amide bonds. The van der Waals surface area contributed by atoms with Gasteiger partial charge in [0.2, 0.25) is 11.8 Å². The van der Waals surface area contributed by atoms with Crippen molar-refractivity contribution in [2.24, 2.45) is 11.8 Å². The number of benzene rings is 1. The predicted molar refractivity (Wildman–Crippen MR) is 112 cm³/mol. The molecule has 3 aliphatic rings. The van der Waals surface area contributed by atoms with E-state index in [0.29, 0.717) is 12.5 Å². The number of likely N-dealkylation sites (tertiary alicyclic amines) is 2. The lowest BCUT2D eigenvalue weighted by atomic mass is 9.95. The topological polar surface area (TPSA) is 61.9 Å². The van der Waals surface area contributed by atoms with Gasteiger partial charge >= 0.3 is 0 Å². The first-order valence-corrected chi connectivity index (χ1v) is 11.1. The lowest BCUT2D eigenvalue weighted by molar-refractivity contribution is -0.136. The van der Waals surface area contributed by atoms with E-state index in [9.17, 15) is 9.59 Å². The molecule has 0 aromatic heterocycles. The SMILES string of the molecule is COc1ccc(C(CNC(=O)C2CCN(C(=O)C3CC3)CC2)N2CCCC2)cc1. The molecule has 2 heterocycles. The summed E-state index contributed by atoms with van der Waals surface area (Å²) < 4.78 is 5.28. The van der Waals surface area contributed by atoms with Crippen molar-refractivity contribution in [1.82, 2.24) is 15.1 Å². The fourth-order valence-corrected chi connectivity index (χ4v) is 4.63. The van der Waals surface area contributed by atoms with Crippen molar-refractivity contribution < 1.29 is 14.3 Å². The number of piperidine rings is 1. The van der Waals surface area contributed by atoms with Gasteiger partial charge in [0.15, 0.2) is 0 Å². The van der Waals surface area contributed by atoms with Gasteiger partial charge in [-0.25, -0.2) is 0 Å². The maximum absolute atomic E-state index is 12.8. The summed E-state index contributed by atoms with van der Waals surface area (Å²) in [5.41, 5.74) is 1.22. The Hall–Kier alpha value is -2.08. The smallest absolute Gasteiger partial charge is 0.225 e. The molecule has 1 aromatic carbocycles. The predicted octanol–water partition coefficient (Wildman–Crippen LogP) is 2.60. The highest BCUT2D eigenvalue weighted by molar-refractivity contribution is 5.82. The summed E-state index contributed by atoms with van der Waals surface area (Å²) in [5, 5.41) is 3.22. The zero-order valence-corrected chi connectivity index (χ0v) is 17.4. The van der Waals surface area contributed by atoms with Gasteiger partial charge in [-0.2, -0.15) is 0 Å². The molecule has 3 fully saturated rings. The normalized spacial score (nSPS) is 21.8. The molecule has 6 heteroatoms. The van der Waals surface area contributed by atoms with Crippen LogP contribution in [0.5, 0.6) is 5.75 Å². The van der Waals surface area contributed by atoms with Crippen LogP contribution in [0.3, 0.4) is 0 Å². The average Bonchev–Trinajstić information content (AvgIpc) is 3.49. The molecule has 1 saturated carbocycles. The molecule has 1 unspecified atom stereocenters. The molecule has 2 saturated heterocycles. The fourth-order valence-electron chi connectivity index (χ4n) is 4.63. The summed E-state index contributed by atoms with van der Waals surface area (Å²) >= 11 is 0. The van der Waals surface area contributed by atoms with E-state index in [0.717, 1.165) is 57.6 Å². The number of carbonyl (C=O) groups is 2. The summed E-state index contributed by atoms with van der Waals surface area (Å²) in [6, 6.07) is 8.40. The van der Waals surface area contributed by atoms with Crippen LogP contribution >= 0.6 is 0 Å². The number of nitrogens with zero attached hydrogens (tertiary/aromatic N) is 2. The number of hydrogen-bond acceptors (Lipinski definition) is 4. The van der Waals surface area contributed by atoms with Crippen LogP contribution in [-0.4, -0.2) is 61.4 Å². The number of amides is 2. The zero-order chi connectivity index (χ0) is 20.2. The molecule has 0 radical (unpaired) electrons. The number of methoxy groups -OCH3 is 1. The third-order valence-corrected chi connectivity index (χ3v) is 6.66. The summed E-state index contributed by atoms with van der Waals surface area (Å²) in [6.07, 6.45) is 6.08. The highest BCUT2D eigenvalue weighted by Gasteiger charge is 2.36. The van der Waals surface area contributed by atoms with Crippen molar-refractivity contribution in [3.63, 3.8) is 0 Å². The molecular weight excluding hydrogens is 366 g/mol. The van der Waals surface area contributed by atoms with Crippen LogP contribution in [-0.2, 0) is 9.59 Å². The Morgan fingerprint density at radius 2 is 1.66 bits per heavy atom. The van der Waals surface area contributed by atoms with Gasteiger partial charge < -0.3 is 15.0 Å². The van der Waals surface area contributed by atoms with Crippen LogP contribution in [0.4, 0.5) is 0 Å². The minimum atomic E-state index is 0.0216. The number of hydrogen-bond donors (Lipinski definition) is 1. The summed E-state index contributed by atoms with van der Waals surface area (Å²) in [4.78, 5) is 29.5. The first-order chi connectivity index (χ1) is 14.2. The van der Waals surface area contributed by atoms with Gasteiger partial charge in [0.05, 0.1) is 13.2 Å². The number of nitrogens with one attached hydrogen (secondary N) is 1. The third-order valence-electron chi connectivity index (χ3n) is 6.66. The third kappa shape index (κ3) is 4.92. The Morgan fingerprint density at radius 1 is 1.00 bits per heavy atom. The van der Waals surface area contributed by atoms with Crippen molar-refractivity contribution in [2.75, 3.05) is 39.8 Å². The summed E-state index contributed by atoms with van der Waals surface area (Å²) in [6.45, 7) is 4.23. The molecule has 0 bridgehead atoms. The van der Waals surface area contributed by atoms with E-state index in [1.165, 1.54) is 18.4 Å². The van der Waals surface area contributed by atoms with Crippen LogP contribution < -0.4 is 10.1 Å². The highest BCUT2D eigenvalue weighted by Crippen LogP contribution is 2.32. The van der Waals surface area contributed by atoms with Crippen LogP contribution in [0.25, 0.3) is 0 Å². The van der Waals surface area contributed by atoms with Crippen molar-refractivity contribution in [3.8, 4) is 5.75 Å². The molecule has 0 spiro atoms. The van der Waals surface area contributed by atoms with Crippen molar-refractivity contribution >= 4 is 11.8 Å². The second kappa shape index (κ2) is 9.16. The second-order valence-electron chi connectivity index (χ2n) is 8.65. The Bertz CT molecular complexity index is 703. The Morgan fingerprint density at radius 3 is 2.24 bits per heavy atom. The monoisotopic (exact) mass is 399 g/mol. The summed E-state index contributed by atoms with van der Waals surface area (Å²) in [7, 11) is 1.68. The number of carbonyl (C=O) groups excluding carboxylic acids is 2. The minimum absolute atomic E-state index is 0.0216. The van der Waals surface area contributed by atoms with E-state index in [2.05, 4.69) is 22.3 Å². The number of rotatable bonds is 7. The molecular formula is C23H33N3O3. The molecule has 158 valence electrons. The van der Waals surface area contributed by atoms with Crippen LogP contribution in [0.15, 0.2) is 24.3 Å². The van der Waals surface area contributed by atoms with Gasteiger partial charge in [0.25, 0.3) is 0 Å². The minimum Gasteiger partial charge on any atom is -0.497 e. The lowest BCUT2D eigenvalue weighted by Gasteiger charge is -2.33. The van der Waals surface area contributed by atoms with E-state index >= 15 is 0 Å². The first-order valence-electron chi connectivity index (χ1n) is 11.1. The van der Waals surface area contributed by atoms with E-state index in [1.54, 1.807) is 7.11 Å². The van der Waals surface area contributed by atoms with Crippen molar-refractivity contribution in [2.45, 2.75) is 44.6 Å². The van der Waals surface area contributed by atoms with Crippen LogP contribution in [0.2, 0.25) is 0 Å². The molecule has 2 aliphatic heterocycles.